The van der Waals surface area contributed by atoms with Crippen molar-refractivity contribution in [3.63, 3.8) is 0 Å². The molecule has 1 fully saturated rings. The molecule has 3 heterocycles. The fourth-order valence-corrected chi connectivity index (χ4v) is 3.63. The Morgan fingerprint density at radius 3 is 2.70 bits per heavy atom. The van der Waals surface area contributed by atoms with Crippen LogP contribution in [-0.4, -0.2) is 30.5 Å². The van der Waals surface area contributed by atoms with E-state index < -0.39 is 0 Å². The highest BCUT2D eigenvalue weighted by atomic mass is 16.1. The zero-order valence-corrected chi connectivity index (χ0v) is 14.0. The van der Waals surface area contributed by atoms with Crippen LogP contribution in [0.3, 0.4) is 0 Å². The van der Waals surface area contributed by atoms with Gasteiger partial charge in [-0.25, -0.2) is 0 Å². The smallest absolute Gasteiger partial charge is 0.253 e. The lowest BCUT2D eigenvalue weighted by molar-refractivity contribution is 0.0913. The Morgan fingerprint density at radius 1 is 1.30 bits per heavy atom. The minimum atomic E-state index is 0.0295. The highest BCUT2D eigenvalue weighted by Gasteiger charge is 2.42. The molecule has 1 amide bonds. The zero-order valence-electron chi connectivity index (χ0n) is 14.0. The van der Waals surface area contributed by atoms with E-state index in [4.69, 9.17) is 0 Å². The van der Waals surface area contributed by atoms with E-state index in [9.17, 15) is 4.79 Å². The highest BCUT2D eigenvalue weighted by Crippen LogP contribution is 2.38. The molecule has 4 nitrogen and oxygen atoms in total. The average molecular weight is 311 g/mol. The summed E-state index contributed by atoms with van der Waals surface area (Å²) < 4.78 is 0. The predicted molar refractivity (Wildman–Crippen MR) is 94.5 cm³/mol. The third-order valence-electron chi connectivity index (χ3n) is 4.79. The first-order chi connectivity index (χ1) is 11.1. The molecule has 23 heavy (non-hydrogen) atoms. The first kappa shape index (κ1) is 15.8. The van der Waals surface area contributed by atoms with Gasteiger partial charge in [0.1, 0.15) is 0 Å². The van der Waals surface area contributed by atoms with E-state index in [1.807, 2.05) is 12.1 Å². The lowest BCUT2D eigenvalue weighted by Crippen LogP contribution is -2.51. The van der Waals surface area contributed by atoms with Crippen LogP contribution >= 0.6 is 0 Å². The van der Waals surface area contributed by atoms with E-state index in [0.29, 0.717) is 0 Å². The number of amides is 1. The summed E-state index contributed by atoms with van der Waals surface area (Å²) in [6, 6.07) is 1.99. The van der Waals surface area contributed by atoms with Gasteiger partial charge in [0.2, 0.25) is 0 Å². The van der Waals surface area contributed by atoms with Gasteiger partial charge in [-0.15, -0.1) is 0 Å². The molecule has 2 aliphatic heterocycles. The van der Waals surface area contributed by atoms with Crippen LogP contribution in [0.2, 0.25) is 0 Å². The molecule has 0 atom stereocenters. The highest BCUT2D eigenvalue weighted by molar-refractivity contribution is 5.98. The standard InChI is InChI=1S/C19H25N3O/c1-4-5-14(10-13(2)3)16-11-15-17(22-16)19(12-21-18(15)23)6-8-20-9-7-19/h4-5,10-11,20,22H,1,6-9,12H2,2-3H3,(H,21,23). The summed E-state index contributed by atoms with van der Waals surface area (Å²) in [6.45, 7) is 10.7. The van der Waals surface area contributed by atoms with Gasteiger partial charge in [0.05, 0.1) is 5.56 Å². The summed E-state index contributed by atoms with van der Waals surface area (Å²) in [5.74, 6) is 0.0295. The minimum Gasteiger partial charge on any atom is -0.357 e. The second-order valence-corrected chi connectivity index (χ2v) is 6.76. The van der Waals surface area contributed by atoms with Crippen molar-refractivity contribution in [1.82, 2.24) is 15.6 Å². The van der Waals surface area contributed by atoms with Crippen LogP contribution in [0.4, 0.5) is 0 Å². The van der Waals surface area contributed by atoms with Crippen molar-refractivity contribution in [2.24, 2.45) is 0 Å². The number of carbonyl (C=O) groups is 1. The number of hydrogen-bond acceptors (Lipinski definition) is 2. The Balaban J connectivity index is 2.08. The lowest BCUT2D eigenvalue weighted by Gasteiger charge is -2.40. The summed E-state index contributed by atoms with van der Waals surface area (Å²) in [5.41, 5.74) is 5.21. The van der Waals surface area contributed by atoms with Crippen molar-refractivity contribution in [2.75, 3.05) is 19.6 Å². The molecule has 4 heteroatoms. The van der Waals surface area contributed by atoms with E-state index in [1.165, 1.54) is 5.57 Å². The summed E-state index contributed by atoms with van der Waals surface area (Å²) in [4.78, 5) is 15.9. The minimum absolute atomic E-state index is 0.0295. The van der Waals surface area contributed by atoms with Crippen LogP contribution < -0.4 is 10.6 Å². The van der Waals surface area contributed by atoms with Gasteiger partial charge in [0.25, 0.3) is 5.91 Å². The molecule has 0 aromatic carbocycles. The van der Waals surface area contributed by atoms with Crippen LogP contribution in [0.1, 0.15) is 48.4 Å². The number of nitrogens with one attached hydrogen (secondary N) is 3. The first-order valence-corrected chi connectivity index (χ1v) is 8.26. The van der Waals surface area contributed by atoms with E-state index in [2.05, 4.69) is 42.1 Å². The first-order valence-electron chi connectivity index (χ1n) is 8.26. The maximum Gasteiger partial charge on any atom is 0.253 e. The lowest BCUT2D eigenvalue weighted by atomic mass is 9.73. The molecule has 3 N–H and O–H groups in total. The molecular weight excluding hydrogens is 286 g/mol. The normalized spacial score (nSPS) is 19.9. The van der Waals surface area contributed by atoms with Crippen LogP contribution in [0.5, 0.6) is 0 Å². The van der Waals surface area contributed by atoms with Gasteiger partial charge in [-0.05, 0) is 51.4 Å². The number of H-pyrrole nitrogens is 1. The van der Waals surface area contributed by atoms with E-state index in [0.717, 1.165) is 55.0 Å². The largest absolute Gasteiger partial charge is 0.357 e. The molecule has 3 rings (SSSR count). The third kappa shape index (κ3) is 2.91. The van der Waals surface area contributed by atoms with Gasteiger partial charge in [-0.3, -0.25) is 4.79 Å². The fraction of sp³-hybridized carbons (Fsp3) is 0.421. The summed E-state index contributed by atoms with van der Waals surface area (Å²) in [7, 11) is 0. The molecule has 0 radical (unpaired) electrons. The SMILES string of the molecule is C=CC=C(C=C(C)C)c1cc2c([nH]1)C1(CCNCC1)CNC2=O. The third-order valence-corrected chi connectivity index (χ3v) is 4.79. The quantitative estimate of drug-likeness (QED) is 0.752. The Hall–Kier alpha value is -2.07. The van der Waals surface area contributed by atoms with Crippen LogP contribution in [0, 0.1) is 0 Å². The number of aromatic nitrogens is 1. The number of hydrogen-bond donors (Lipinski definition) is 3. The molecule has 1 aromatic heterocycles. The monoisotopic (exact) mass is 311 g/mol. The molecule has 122 valence electrons. The number of piperidine rings is 1. The summed E-state index contributed by atoms with van der Waals surface area (Å²) in [5, 5.41) is 6.50. The molecule has 0 aliphatic carbocycles. The Labute approximate surface area is 137 Å². The van der Waals surface area contributed by atoms with Crippen molar-refractivity contribution < 1.29 is 4.79 Å². The van der Waals surface area contributed by atoms with Crippen molar-refractivity contribution in [2.45, 2.75) is 32.1 Å². The van der Waals surface area contributed by atoms with Gasteiger partial charge in [0.15, 0.2) is 0 Å². The number of allylic oxidation sites excluding steroid dienone is 5. The van der Waals surface area contributed by atoms with Crippen molar-refractivity contribution in [3.8, 4) is 0 Å². The summed E-state index contributed by atoms with van der Waals surface area (Å²) in [6.07, 6.45) is 7.98. The molecule has 2 aliphatic rings. The molecule has 0 unspecified atom stereocenters. The predicted octanol–water partition coefficient (Wildman–Crippen LogP) is 2.91. The Bertz CT molecular complexity index is 683. The molecular formula is C19H25N3O. The molecule has 0 bridgehead atoms. The van der Waals surface area contributed by atoms with E-state index in [-0.39, 0.29) is 11.3 Å². The summed E-state index contributed by atoms with van der Waals surface area (Å²) >= 11 is 0. The second kappa shape index (κ2) is 6.20. The topological polar surface area (TPSA) is 56.9 Å². The maximum absolute atomic E-state index is 12.3. The molecule has 1 saturated heterocycles. The van der Waals surface area contributed by atoms with Crippen LogP contribution in [0.25, 0.3) is 5.57 Å². The second-order valence-electron chi connectivity index (χ2n) is 6.76. The van der Waals surface area contributed by atoms with Gasteiger partial charge >= 0.3 is 0 Å². The number of carbonyl (C=O) groups excluding carboxylic acids is 1. The van der Waals surface area contributed by atoms with Crippen molar-refractivity contribution in [3.05, 3.63) is 53.4 Å². The van der Waals surface area contributed by atoms with Crippen molar-refractivity contribution in [1.29, 1.82) is 0 Å². The fourth-order valence-electron chi connectivity index (χ4n) is 3.63. The Morgan fingerprint density at radius 2 is 2.04 bits per heavy atom. The number of fused-ring (bicyclic) bond motifs is 2. The number of rotatable bonds is 3. The Kier molecular flexibility index (Phi) is 4.26. The van der Waals surface area contributed by atoms with Crippen LogP contribution in [-0.2, 0) is 5.41 Å². The average Bonchev–Trinajstić information content (AvgIpc) is 2.98. The van der Waals surface area contributed by atoms with Gasteiger partial charge in [-0.1, -0.05) is 30.4 Å². The number of aromatic amines is 1. The molecule has 0 saturated carbocycles. The van der Waals surface area contributed by atoms with Crippen molar-refractivity contribution >= 4 is 11.5 Å². The van der Waals surface area contributed by atoms with Gasteiger partial charge in [-0.2, -0.15) is 0 Å². The van der Waals surface area contributed by atoms with E-state index in [1.54, 1.807) is 6.08 Å². The molecule has 1 aromatic rings. The van der Waals surface area contributed by atoms with Crippen LogP contribution in [0.15, 0.2) is 36.4 Å². The van der Waals surface area contributed by atoms with Gasteiger partial charge < -0.3 is 15.6 Å². The molecule has 1 spiro atoms. The maximum atomic E-state index is 12.3. The van der Waals surface area contributed by atoms with Gasteiger partial charge in [0, 0.05) is 23.3 Å². The zero-order chi connectivity index (χ0) is 16.4. The van der Waals surface area contributed by atoms with E-state index >= 15 is 0 Å².